The van der Waals surface area contributed by atoms with Crippen LogP contribution in [0.1, 0.15) is 46.1 Å². The normalized spacial score (nSPS) is 12.6. The summed E-state index contributed by atoms with van der Waals surface area (Å²) >= 11 is 0. The lowest BCUT2D eigenvalue weighted by Crippen LogP contribution is -2.22. The summed E-state index contributed by atoms with van der Waals surface area (Å²) in [4.78, 5) is 0. The number of hydrogen-bond acceptors (Lipinski definition) is 3. The molecule has 0 aliphatic rings. The summed E-state index contributed by atoms with van der Waals surface area (Å²) in [5, 5.41) is 3.42. The highest BCUT2D eigenvalue weighted by Gasteiger charge is 2.04. The Morgan fingerprint density at radius 1 is 1.10 bits per heavy atom. The van der Waals surface area contributed by atoms with Gasteiger partial charge in [-0.3, -0.25) is 0 Å². The molecule has 0 aliphatic heterocycles. The minimum absolute atomic E-state index is 0.474. The van der Waals surface area contributed by atoms with Crippen molar-refractivity contribution in [1.82, 2.24) is 5.32 Å². The zero-order valence-corrected chi connectivity index (χ0v) is 14.0. The quantitative estimate of drug-likeness (QED) is 0.625. The molecule has 1 aromatic carbocycles. The Kier molecular flexibility index (Phi) is 9.11. The molecule has 0 saturated carbocycles. The van der Waals surface area contributed by atoms with Gasteiger partial charge in [0, 0.05) is 24.8 Å². The fraction of sp³-hybridized carbons (Fsp3) is 0.667. The van der Waals surface area contributed by atoms with Crippen LogP contribution in [-0.2, 0) is 11.3 Å². The summed E-state index contributed by atoms with van der Waals surface area (Å²) in [6.07, 6.45) is 2.45. The molecule has 0 fully saturated rings. The van der Waals surface area contributed by atoms with Gasteiger partial charge >= 0.3 is 0 Å². The molecule has 0 aliphatic carbocycles. The van der Waals surface area contributed by atoms with Gasteiger partial charge in [0.1, 0.15) is 12.4 Å². The minimum Gasteiger partial charge on any atom is -0.491 e. The second kappa shape index (κ2) is 10.6. The van der Waals surface area contributed by atoms with Gasteiger partial charge in [0.2, 0.25) is 0 Å². The van der Waals surface area contributed by atoms with E-state index in [0.717, 1.165) is 18.9 Å². The number of ether oxygens (including phenoxy) is 2. The third kappa shape index (κ3) is 8.08. The van der Waals surface area contributed by atoms with Crippen molar-refractivity contribution in [3.05, 3.63) is 29.8 Å². The van der Waals surface area contributed by atoms with Crippen LogP contribution in [0.3, 0.4) is 0 Å². The molecular formula is C18H31NO2. The molecule has 0 aromatic heterocycles. The maximum atomic E-state index is 5.85. The first-order valence-electron chi connectivity index (χ1n) is 8.15. The molecule has 1 rings (SSSR count). The highest BCUT2D eigenvalue weighted by Crippen LogP contribution is 2.17. The van der Waals surface area contributed by atoms with Crippen LogP contribution in [0, 0.1) is 5.92 Å². The van der Waals surface area contributed by atoms with E-state index in [0.29, 0.717) is 25.2 Å². The van der Waals surface area contributed by atoms with Crippen LogP contribution in [0.25, 0.3) is 0 Å². The smallest absolute Gasteiger partial charge is 0.123 e. The molecule has 0 heterocycles. The van der Waals surface area contributed by atoms with Crippen LogP contribution in [0.2, 0.25) is 0 Å². The Hall–Kier alpha value is -1.06. The Labute approximate surface area is 130 Å². The SMILES string of the molecule is CCCC(C)COCCOc1ccccc1CNC(C)C. The molecule has 0 bridgehead atoms. The van der Waals surface area contributed by atoms with E-state index in [1.807, 2.05) is 18.2 Å². The van der Waals surface area contributed by atoms with Crippen molar-refractivity contribution in [2.24, 2.45) is 5.92 Å². The number of rotatable bonds is 11. The Morgan fingerprint density at radius 3 is 2.57 bits per heavy atom. The van der Waals surface area contributed by atoms with Crippen molar-refractivity contribution < 1.29 is 9.47 Å². The molecule has 1 aromatic rings. The molecule has 1 N–H and O–H groups in total. The lowest BCUT2D eigenvalue weighted by molar-refractivity contribution is 0.0755. The standard InChI is InChI=1S/C18H31NO2/c1-5-8-16(4)14-20-11-12-21-18-10-7-6-9-17(18)13-19-15(2)3/h6-7,9-10,15-16,19H,5,8,11-14H2,1-4H3. The lowest BCUT2D eigenvalue weighted by Gasteiger charge is -2.14. The zero-order chi connectivity index (χ0) is 15.5. The predicted molar refractivity (Wildman–Crippen MR) is 88.8 cm³/mol. The maximum absolute atomic E-state index is 5.85. The van der Waals surface area contributed by atoms with Gasteiger partial charge < -0.3 is 14.8 Å². The number of nitrogens with one attached hydrogen (secondary N) is 1. The number of hydrogen-bond donors (Lipinski definition) is 1. The molecule has 120 valence electrons. The van der Waals surface area contributed by atoms with Crippen molar-refractivity contribution in [2.75, 3.05) is 19.8 Å². The lowest BCUT2D eigenvalue weighted by atomic mass is 10.1. The third-order valence-electron chi connectivity index (χ3n) is 3.34. The van der Waals surface area contributed by atoms with Crippen LogP contribution in [0.4, 0.5) is 0 Å². The van der Waals surface area contributed by atoms with E-state index >= 15 is 0 Å². The first-order chi connectivity index (χ1) is 10.1. The molecule has 0 radical (unpaired) electrons. The van der Waals surface area contributed by atoms with Gasteiger partial charge in [0.05, 0.1) is 6.61 Å². The second-order valence-electron chi connectivity index (χ2n) is 5.96. The monoisotopic (exact) mass is 293 g/mol. The molecule has 3 heteroatoms. The summed E-state index contributed by atoms with van der Waals surface area (Å²) in [5.74, 6) is 1.59. The maximum Gasteiger partial charge on any atom is 0.123 e. The van der Waals surface area contributed by atoms with Gasteiger partial charge in [-0.05, 0) is 18.4 Å². The minimum atomic E-state index is 0.474. The van der Waals surface area contributed by atoms with Crippen LogP contribution in [0.15, 0.2) is 24.3 Å². The second-order valence-corrected chi connectivity index (χ2v) is 5.96. The zero-order valence-electron chi connectivity index (χ0n) is 14.0. The van der Waals surface area contributed by atoms with Crippen LogP contribution >= 0.6 is 0 Å². The molecule has 1 atom stereocenters. The van der Waals surface area contributed by atoms with Gasteiger partial charge in [-0.1, -0.05) is 52.3 Å². The Balaban J connectivity index is 2.28. The average molecular weight is 293 g/mol. The molecule has 0 amide bonds. The van der Waals surface area contributed by atoms with Crippen LogP contribution in [0.5, 0.6) is 5.75 Å². The van der Waals surface area contributed by atoms with Crippen LogP contribution in [-0.4, -0.2) is 25.9 Å². The molecule has 3 nitrogen and oxygen atoms in total. The fourth-order valence-corrected chi connectivity index (χ4v) is 2.18. The highest BCUT2D eigenvalue weighted by atomic mass is 16.5. The highest BCUT2D eigenvalue weighted by molar-refractivity contribution is 5.33. The summed E-state index contributed by atoms with van der Waals surface area (Å²) in [5.41, 5.74) is 1.20. The largest absolute Gasteiger partial charge is 0.491 e. The van der Waals surface area contributed by atoms with Gasteiger partial charge in [0.25, 0.3) is 0 Å². The summed E-state index contributed by atoms with van der Waals surface area (Å²) in [6.45, 7) is 11.7. The average Bonchev–Trinajstić information content (AvgIpc) is 2.46. The molecule has 0 spiro atoms. The van der Waals surface area contributed by atoms with Crippen molar-refractivity contribution in [2.45, 2.75) is 53.1 Å². The van der Waals surface area contributed by atoms with Gasteiger partial charge in [-0.15, -0.1) is 0 Å². The van der Waals surface area contributed by atoms with Gasteiger partial charge in [-0.25, -0.2) is 0 Å². The van der Waals surface area contributed by atoms with Crippen molar-refractivity contribution >= 4 is 0 Å². The summed E-state index contributed by atoms with van der Waals surface area (Å²) in [7, 11) is 0. The van der Waals surface area contributed by atoms with E-state index in [1.54, 1.807) is 0 Å². The van der Waals surface area contributed by atoms with Crippen molar-refractivity contribution in [3.63, 3.8) is 0 Å². The fourth-order valence-electron chi connectivity index (χ4n) is 2.18. The molecule has 0 saturated heterocycles. The van der Waals surface area contributed by atoms with E-state index in [4.69, 9.17) is 9.47 Å². The first kappa shape index (κ1) is 18.0. The number of benzene rings is 1. The topological polar surface area (TPSA) is 30.5 Å². The van der Waals surface area contributed by atoms with E-state index in [9.17, 15) is 0 Å². The van der Waals surface area contributed by atoms with E-state index < -0.39 is 0 Å². The number of para-hydroxylation sites is 1. The van der Waals surface area contributed by atoms with Gasteiger partial charge in [0.15, 0.2) is 0 Å². The molecular weight excluding hydrogens is 262 g/mol. The summed E-state index contributed by atoms with van der Waals surface area (Å²) in [6, 6.07) is 8.67. The third-order valence-corrected chi connectivity index (χ3v) is 3.34. The Morgan fingerprint density at radius 2 is 1.86 bits per heavy atom. The molecule has 1 unspecified atom stereocenters. The Bertz CT molecular complexity index is 379. The van der Waals surface area contributed by atoms with E-state index in [-0.39, 0.29) is 0 Å². The molecule has 21 heavy (non-hydrogen) atoms. The summed E-state index contributed by atoms with van der Waals surface area (Å²) < 4.78 is 11.5. The van der Waals surface area contributed by atoms with Gasteiger partial charge in [-0.2, -0.15) is 0 Å². The van der Waals surface area contributed by atoms with E-state index in [1.165, 1.54) is 18.4 Å². The van der Waals surface area contributed by atoms with Crippen molar-refractivity contribution in [3.8, 4) is 5.75 Å². The van der Waals surface area contributed by atoms with E-state index in [2.05, 4.69) is 39.1 Å². The predicted octanol–water partition coefficient (Wildman–Crippen LogP) is 4.02. The first-order valence-corrected chi connectivity index (χ1v) is 8.15. The van der Waals surface area contributed by atoms with Crippen LogP contribution < -0.4 is 10.1 Å². The van der Waals surface area contributed by atoms with Crippen molar-refractivity contribution in [1.29, 1.82) is 0 Å².